The first-order valence-corrected chi connectivity index (χ1v) is 14.2. The number of fused-ring (bicyclic) bond motifs is 1. The zero-order valence-electron chi connectivity index (χ0n) is 22.4. The number of para-hydroxylation sites is 1. The summed E-state index contributed by atoms with van der Waals surface area (Å²) in [5, 5.41) is 8.55. The van der Waals surface area contributed by atoms with Gasteiger partial charge in [-0.15, -0.1) is 0 Å². The largest absolute Gasteiger partial charge is 0.362 e. The molecule has 0 unspecified atom stereocenters. The van der Waals surface area contributed by atoms with Gasteiger partial charge in [-0.1, -0.05) is 74.6 Å². The Bertz CT molecular complexity index is 1030. The summed E-state index contributed by atoms with van der Waals surface area (Å²) in [6, 6.07) is 20.3. The predicted octanol–water partition coefficient (Wildman–Crippen LogP) is 6.98. The molecule has 1 aliphatic carbocycles. The van der Waals surface area contributed by atoms with E-state index in [9.17, 15) is 0 Å². The highest BCUT2D eigenvalue weighted by Gasteiger charge is 2.21. The van der Waals surface area contributed by atoms with Crippen LogP contribution in [0.25, 0.3) is 10.9 Å². The number of hydrogen-bond acceptors (Lipinski definition) is 5. The van der Waals surface area contributed by atoms with Gasteiger partial charge in [-0.2, -0.15) is 4.98 Å². The summed E-state index contributed by atoms with van der Waals surface area (Å²) in [5.74, 6) is 1.74. The molecule has 0 bridgehead atoms. The van der Waals surface area contributed by atoms with Crippen molar-refractivity contribution in [3.8, 4) is 0 Å². The number of hydrogen-bond donors (Lipinski definition) is 2. The highest BCUT2D eigenvalue weighted by molar-refractivity contribution is 5.90. The third-order valence-electron chi connectivity index (χ3n) is 7.49. The minimum Gasteiger partial charge on any atom is -0.362 e. The van der Waals surface area contributed by atoms with E-state index < -0.39 is 0 Å². The minimum atomic E-state index is 0.459. The molecule has 0 aliphatic heterocycles. The summed E-state index contributed by atoms with van der Waals surface area (Å²) in [5.41, 5.74) is 2.48. The van der Waals surface area contributed by atoms with Crippen LogP contribution >= 0.6 is 0 Å². The molecule has 2 aromatic carbocycles. The lowest BCUT2D eigenvalue weighted by atomic mass is 9.91. The van der Waals surface area contributed by atoms with Gasteiger partial charge in [0, 0.05) is 31.6 Å². The lowest BCUT2D eigenvalue weighted by Gasteiger charge is -2.30. The quantitative estimate of drug-likeness (QED) is 0.240. The Morgan fingerprint density at radius 1 is 0.722 bits per heavy atom. The first-order chi connectivity index (χ1) is 17.7. The number of benzene rings is 2. The Balaban J connectivity index is 1.05. The van der Waals surface area contributed by atoms with Crippen molar-refractivity contribution in [2.45, 2.75) is 89.1 Å². The molecule has 1 aromatic heterocycles. The normalized spacial score (nSPS) is 17.8. The third kappa shape index (κ3) is 8.19. The zero-order valence-corrected chi connectivity index (χ0v) is 22.4. The van der Waals surface area contributed by atoms with Crippen LogP contribution in [0.5, 0.6) is 0 Å². The molecule has 0 saturated heterocycles. The molecule has 5 heteroatoms. The maximum absolute atomic E-state index is 4.82. The molecule has 5 nitrogen and oxygen atoms in total. The number of rotatable bonds is 14. The molecular weight excluding hydrogens is 442 g/mol. The lowest BCUT2D eigenvalue weighted by Crippen LogP contribution is -2.37. The second-order valence-corrected chi connectivity index (χ2v) is 10.6. The van der Waals surface area contributed by atoms with Crippen LogP contribution in [0.2, 0.25) is 0 Å². The van der Waals surface area contributed by atoms with Gasteiger partial charge in [0.2, 0.25) is 5.95 Å². The molecular formula is C31H45N5. The Hall–Kier alpha value is -2.66. The molecule has 1 aliphatic rings. The molecule has 1 fully saturated rings. The van der Waals surface area contributed by atoms with Gasteiger partial charge in [-0.3, -0.25) is 0 Å². The Morgan fingerprint density at radius 2 is 1.36 bits per heavy atom. The molecule has 0 radical (unpaired) electrons. The highest BCUT2D eigenvalue weighted by atomic mass is 15.2. The van der Waals surface area contributed by atoms with Gasteiger partial charge in [0.05, 0.1) is 5.52 Å². The molecule has 194 valence electrons. The van der Waals surface area contributed by atoms with Crippen LogP contribution in [0.15, 0.2) is 54.6 Å². The van der Waals surface area contributed by atoms with E-state index in [1.165, 1.54) is 82.6 Å². The molecule has 3 aromatic rings. The summed E-state index contributed by atoms with van der Waals surface area (Å²) >= 11 is 0. The molecule has 0 spiro atoms. The molecule has 1 heterocycles. The molecule has 4 rings (SSSR count). The van der Waals surface area contributed by atoms with Gasteiger partial charge in [-0.05, 0) is 69.2 Å². The fourth-order valence-electron chi connectivity index (χ4n) is 5.38. The second-order valence-electron chi connectivity index (χ2n) is 10.6. The number of nitrogens with one attached hydrogen (secondary N) is 2. The van der Waals surface area contributed by atoms with E-state index in [0.29, 0.717) is 12.1 Å². The van der Waals surface area contributed by atoms with Crippen molar-refractivity contribution in [3.05, 3.63) is 60.2 Å². The van der Waals surface area contributed by atoms with Crippen LogP contribution in [0.4, 0.5) is 11.8 Å². The van der Waals surface area contributed by atoms with Crippen molar-refractivity contribution in [1.82, 2.24) is 15.3 Å². The van der Waals surface area contributed by atoms with Gasteiger partial charge in [0.15, 0.2) is 0 Å². The van der Waals surface area contributed by atoms with Crippen molar-refractivity contribution in [2.24, 2.45) is 0 Å². The van der Waals surface area contributed by atoms with E-state index in [1.54, 1.807) is 0 Å². The second kappa shape index (κ2) is 14.2. The van der Waals surface area contributed by atoms with E-state index in [-0.39, 0.29) is 0 Å². The summed E-state index contributed by atoms with van der Waals surface area (Å²) in [6.45, 7) is 1.16. The van der Waals surface area contributed by atoms with E-state index >= 15 is 0 Å². The maximum atomic E-state index is 4.82. The first-order valence-electron chi connectivity index (χ1n) is 14.2. The van der Waals surface area contributed by atoms with Gasteiger partial charge in [0.1, 0.15) is 5.82 Å². The smallest absolute Gasteiger partial charge is 0.225 e. The molecule has 0 amide bonds. The first kappa shape index (κ1) is 26.4. The number of anilines is 2. The van der Waals surface area contributed by atoms with Gasteiger partial charge in [-0.25, -0.2) is 4.98 Å². The Morgan fingerprint density at radius 3 is 2.11 bits per heavy atom. The van der Waals surface area contributed by atoms with E-state index in [4.69, 9.17) is 9.97 Å². The van der Waals surface area contributed by atoms with E-state index in [2.05, 4.69) is 58.0 Å². The van der Waals surface area contributed by atoms with Crippen molar-refractivity contribution in [2.75, 3.05) is 30.9 Å². The van der Waals surface area contributed by atoms with Crippen LogP contribution in [-0.2, 0) is 6.42 Å². The van der Waals surface area contributed by atoms with Crippen LogP contribution in [0, 0.1) is 0 Å². The molecule has 0 atom stereocenters. The standard InChI is InChI=1S/C31H45N5/c1-36(2)30-28-18-12-13-19-29(28)34-31(35-30)33-27-22-20-26(21-23-27)32-24-14-7-5-3-4-6-9-15-25-16-10-8-11-17-25/h8,10-13,16-19,26-27,32H,3-7,9,14-15,20-24H2,1-2H3,(H,33,34,35). The predicted molar refractivity (Wildman–Crippen MR) is 154 cm³/mol. The van der Waals surface area contributed by atoms with E-state index in [1.807, 2.05) is 26.2 Å². The van der Waals surface area contributed by atoms with Crippen LogP contribution < -0.4 is 15.5 Å². The topological polar surface area (TPSA) is 53.1 Å². The maximum Gasteiger partial charge on any atom is 0.225 e. The number of unbranched alkanes of at least 4 members (excludes halogenated alkanes) is 6. The lowest BCUT2D eigenvalue weighted by molar-refractivity contribution is 0.350. The zero-order chi connectivity index (χ0) is 25.0. The Kier molecular flexibility index (Phi) is 10.4. The summed E-state index contributed by atoms with van der Waals surface area (Å²) < 4.78 is 0. The van der Waals surface area contributed by atoms with Crippen molar-refractivity contribution in [1.29, 1.82) is 0 Å². The number of aryl methyl sites for hydroxylation is 1. The van der Waals surface area contributed by atoms with Gasteiger partial charge in [0.25, 0.3) is 0 Å². The molecule has 1 saturated carbocycles. The fraction of sp³-hybridized carbons (Fsp3) is 0.548. The fourth-order valence-corrected chi connectivity index (χ4v) is 5.38. The van der Waals surface area contributed by atoms with Gasteiger partial charge >= 0.3 is 0 Å². The Labute approximate surface area is 218 Å². The summed E-state index contributed by atoms with van der Waals surface area (Å²) in [7, 11) is 4.09. The summed E-state index contributed by atoms with van der Waals surface area (Å²) in [6.07, 6.45) is 15.5. The third-order valence-corrected chi connectivity index (χ3v) is 7.49. The number of aromatic nitrogens is 2. The average molecular weight is 488 g/mol. The van der Waals surface area contributed by atoms with E-state index in [0.717, 1.165) is 29.2 Å². The highest BCUT2D eigenvalue weighted by Crippen LogP contribution is 2.26. The van der Waals surface area contributed by atoms with Crippen LogP contribution in [0.1, 0.15) is 76.2 Å². The van der Waals surface area contributed by atoms with Crippen molar-refractivity contribution < 1.29 is 0 Å². The van der Waals surface area contributed by atoms with Crippen molar-refractivity contribution >= 4 is 22.7 Å². The van der Waals surface area contributed by atoms with Crippen LogP contribution in [0.3, 0.4) is 0 Å². The molecule has 2 N–H and O–H groups in total. The molecule has 36 heavy (non-hydrogen) atoms. The van der Waals surface area contributed by atoms with Gasteiger partial charge < -0.3 is 15.5 Å². The number of nitrogens with zero attached hydrogens (tertiary/aromatic N) is 3. The van der Waals surface area contributed by atoms with Crippen LogP contribution in [-0.4, -0.2) is 42.7 Å². The monoisotopic (exact) mass is 487 g/mol. The summed E-state index contributed by atoms with van der Waals surface area (Å²) in [4.78, 5) is 11.7. The minimum absolute atomic E-state index is 0.459. The average Bonchev–Trinajstić information content (AvgIpc) is 2.90. The van der Waals surface area contributed by atoms with Crippen molar-refractivity contribution in [3.63, 3.8) is 0 Å². The SMILES string of the molecule is CN(C)c1nc(NC2CCC(NCCCCCCCCCc3ccccc3)CC2)nc2ccccc12.